The summed E-state index contributed by atoms with van der Waals surface area (Å²) in [6.07, 6.45) is 0.960. The van der Waals surface area contributed by atoms with Crippen LogP contribution in [0.25, 0.3) is 0 Å². The number of nitrogens with one attached hydrogen (secondary N) is 2. The van der Waals surface area contributed by atoms with Crippen LogP contribution >= 0.6 is 0 Å². The molecule has 26 heavy (non-hydrogen) atoms. The lowest BCUT2D eigenvalue weighted by molar-refractivity contribution is -0.121. The van der Waals surface area contributed by atoms with Gasteiger partial charge in [0.2, 0.25) is 5.91 Å². The predicted octanol–water partition coefficient (Wildman–Crippen LogP) is 3.22. The molecule has 0 spiro atoms. The zero-order valence-corrected chi connectivity index (χ0v) is 15.4. The van der Waals surface area contributed by atoms with Crippen molar-refractivity contribution in [3.63, 3.8) is 0 Å². The SMILES string of the molecule is CCOc1ccccc1C(=O)NCCCC(=O)NCc1ccccc1C. The summed E-state index contributed by atoms with van der Waals surface area (Å²) in [6.45, 7) is 5.38. The van der Waals surface area contributed by atoms with Crippen LogP contribution in [0.2, 0.25) is 0 Å². The van der Waals surface area contributed by atoms with Crippen LogP contribution in [-0.4, -0.2) is 25.0 Å². The predicted molar refractivity (Wildman–Crippen MR) is 102 cm³/mol. The molecule has 0 unspecified atom stereocenters. The van der Waals surface area contributed by atoms with Crippen molar-refractivity contribution in [1.82, 2.24) is 10.6 Å². The molecule has 0 bridgehead atoms. The fourth-order valence-electron chi connectivity index (χ4n) is 2.57. The molecule has 0 fully saturated rings. The highest BCUT2D eigenvalue weighted by Gasteiger charge is 2.11. The van der Waals surface area contributed by atoms with Crippen LogP contribution in [0, 0.1) is 6.92 Å². The molecule has 2 aromatic rings. The third-order valence-corrected chi connectivity index (χ3v) is 4.03. The Balaban J connectivity index is 1.70. The standard InChI is InChI=1S/C21H26N2O3/c1-3-26-19-12-7-6-11-18(19)21(25)22-14-8-13-20(24)23-15-17-10-5-4-9-16(17)2/h4-7,9-12H,3,8,13-15H2,1-2H3,(H,22,25)(H,23,24). The summed E-state index contributed by atoms with van der Waals surface area (Å²) in [4.78, 5) is 24.2. The van der Waals surface area contributed by atoms with Crippen LogP contribution in [-0.2, 0) is 11.3 Å². The van der Waals surface area contributed by atoms with E-state index in [1.165, 1.54) is 0 Å². The van der Waals surface area contributed by atoms with E-state index in [1.807, 2.05) is 44.2 Å². The van der Waals surface area contributed by atoms with Crippen LogP contribution in [0.1, 0.15) is 41.3 Å². The van der Waals surface area contributed by atoms with Crippen LogP contribution in [0.5, 0.6) is 5.75 Å². The van der Waals surface area contributed by atoms with Crippen LogP contribution in [0.3, 0.4) is 0 Å². The van der Waals surface area contributed by atoms with Crippen molar-refractivity contribution >= 4 is 11.8 Å². The number of hydrogen-bond donors (Lipinski definition) is 2. The van der Waals surface area contributed by atoms with Crippen LogP contribution in [0.15, 0.2) is 48.5 Å². The summed E-state index contributed by atoms with van der Waals surface area (Å²) in [7, 11) is 0. The molecule has 0 radical (unpaired) electrons. The summed E-state index contributed by atoms with van der Waals surface area (Å²) in [5.41, 5.74) is 2.79. The minimum atomic E-state index is -0.186. The Morgan fingerprint density at radius 1 is 1.00 bits per heavy atom. The molecule has 0 heterocycles. The van der Waals surface area contributed by atoms with Gasteiger partial charge in [0.15, 0.2) is 0 Å². The Morgan fingerprint density at radius 3 is 2.50 bits per heavy atom. The van der Waals surface area contributed by atoms with E-state index in [-0.39, 0.29) is 11.8 Å². The van der Waals surface area contributed by atoms with Crippen molar-refractivity contribution in [3.05, 3.63) is 65.2 Å². The zero-order chi connectivity index (χ0) is 18.8. The molecule has 0 aliphatic heterocycles. The average molecular weight is 354 g/mol. The molecule has 0 aromatic heterocycles. The normalized spacial score (nSPS) is 10.2. The van der Waals surface area contributed by atoms with Gasteiger partial charge in [0.05, 0.1) is 12.2 Å². The lowest BCUT2D eigenvalue weighted by Crippen LogP contribution is -2.27. The molecule has 138 valence electrons. The van der Waals surface area contributed by atoms with Gasteiger partial charge < -0.3 is 15.4 Å². The second-order valence-corrected chi connectivity index (χ2v) is 5.99. The van der Waals surface area contributed by atoms with Gasteiger partial charge in [0.25, 0.3) is 5.91 Å². The molecule has 5 nitrogen and oxygen atoms in total. The Labute approximate surface area is 154 Å². The average Bonchev–Trinajstić information content (AvgIpc) is 2.65. The Bertz CT molecular complexity index is 744. The van der Waals surface area contributed by atoms with Gasteiger partial charge in [-0.05, 0) is 43.5 Å². The van der Waals surface area contributed by atoms with E-state index in [2.05, 4.69) is 10.6 Å². The summed E-state index contributed by atoms with van der Waals surface area (Å²) in [5.74, 6) is 0.370. The molecule has 0 aliphatic carbocycles. The van der Waals surface area contributed by atoms with E-state index in [0.717, 1.165) is 11.1 Å². The number of carbonyl (C=O) groups is 2. The molecule has 5 heteroatoms. The summed E-state index contributed by atoms with van der Waals surface area (Å²) < 4.78 is 5.46. The lowest BCUT2D eigenvalue weighted by atomic mass is 10.1. The van der Waals surface area contributed by atoms with Crippen molar-refractivity contribution in [2.75, 3.05) is 13.2 Å². The fourth-order valence-corrected chi connectivity index (χ4v) is 2.57. The largest absolute Gasteiger partial charge is 0.493 e. The molecule has 2 N–H and O–H groups in total. The fraction of sp³-hybridized carbons (Fsp3) is 0.333. The van der Waals surface area contributed by atoms with Gasteiger partial charge >= 0.3 is 0 Å². The van der Waals surface area contributed by atoms with Gasteiger partial charge in [-0.1, -0.05) is 36.4 Å². The molecular formula is C21H26N2O3. The van der Waals surface area contributed by atoms with Gasteiger partial charge in [-0.25, -0.2) is 0 Å². The van der Waals surface area contributed by atoms with Crippen LogP contribution in [0.4, 0.5) is 0 Å². The first-order chi connectivity index (χ1) is 12.6. The van der Waals surface area contributed by atoms with Gasteiger partial charge in [0.1, 0.15) is 5.75 Å². The highest BCUT2D eigenvalue weighted by Crippen LogP contribution is 2.17. The highest BCUT2D eigenvalue weighted by atomic mass is 16.5. The third kappa shape index (κ3) is 5.92. The molecule has 2 aromatic carbocycles. The van der Waals surface area contributed by atoms with Gasteiger partial charge in [0, 0.05) is 19.5 Å². The van der Waals surface area contributed by atoms with Crippen LogP contribution < -0.4 is 15.4 Å². The first kappa shape index (κ1) is 19.5. The summed E-state index contributed by atoms with van der Waals surface area (Å²) >= 11 is 0. The number of rotatable bonds is 9. The molecular weight excluding hydrogens is 328 g/mol. The number of carbonyl (C=O) groups excluding carboxylic acids is 2. The molecule has 0 atom stereocenters. The smallest absolute Gasteiger partial charge is 0.255 e. The molecule has 2 amide bonds. The minimum Gasteiger partial charge on any atom is -0.493 e. The molecule has 0 saturated heterocycles. The zero-order valence-electron chi connectivity index (χ0n) is 15.4. The monoisotopic (exact) mass is 354 g/mol. The number of benzene rings is 2. The van der Waals surface area contributed by atoms with Crippen molar-refractivity contribution in [1.29, 1.82) is 0 Å². The topological polar surface area (TPSA) is 67.4 Å². The Kier molecular flexibility index (Phi) is 7.68. The van der Waals surface area contributed by atoms with E-state index in [4.69, 9.17) is 4.74 Å². The van der Waals surface area contributed by atoms with E-state index in [0.29, 0.717) is 43.9 Å². The maximum atomic E-state index is 12.2. The molecule has 2 rings (SSSR count). The van der Waals surface area contributed by atoms with E-state index >= 15 is 0 Å². The molecule has 0 aliphatic rings. The number of amides is 2. The maximum absolute atomic E-state index is 12.2. The lowest BCUT2D eigenvalue weighted by Gasteiger charge is -2.10. The van der Waals surface area contributed by atoms with Crippen molar-refractivity contribution in [3.8, 4) is 5.75 Å². The van der Waals surface area contributed by atoms with Gasteiger partial charge in [-0.3, -0.25) is 9.59 Å². The summed E-state index contributed by atoms with van der Waals surface area (Å²) in [6, 6.07) is 15.1. The van der Waals surface area contributed by atoms with Crippen molar-refractivity contribution in [2.24, 2.45) is 0 Å². The number of para-hydroxylation sites is 1. The number of hydrogen-bond acceptors (Lipinski definition) is 3. The first-order valence-electron chi connectivity index (χ1n) is 8.93. The second kappa shape index (κ2) is 10.2. The van der Waals surface area contributed by atoms with Crippen molar-refractivity contribution < 1.29 is 14.3 Å². The minimum absolute atomic E-state index is 0.0165. The quantitative estimate of drug-likeness (QED) is 0.680. The first-order valence-corrected chi connectivity index (χ1v) is 8.93. The highest BCUT2D eigenvalue weighted by molar-refractivity contribution is 5.96. The van der Waals surface area contributed by atoms with Gasteiger partial charge in [-0.15, -0.1) is 0 Å². The maximum Gasteiger partial charge on any atom is 0.255 e. The number of aryl methyl sites for hydroxylation is 1. The second-order valence-electron chi connectivity index (χ2n) is 5.99. The third-order valence-electron chi connectivity index (χ3n) is 4.03. The Morgan fingerprint density at radius 2 is 1.73 bits per heavy atom. The number of ether oxygens (including phenoxy) is 1. The van der Waals surface area contributed by atoms with Gasteiger partial charge in [-0.2, -0.15) is 0 Å². The van der Waals surface area contributed by atoms with E-state index < -0.39 is 0 Å². The van der Waals surface area contributed by atoms with Crippen molar-refractivity contribution in [2.45, 2.75) is 33.2 Å². The summed E-state index contributed by atoms with van der Waals surface area (Å²) in [5, 5.41) is 5.75. The Hall–Kier alpha value is -2.82. The van der Waals surface area contributed by atoms with E-state index in [9.17, 15) is 9.59 Å². The molecule has 0 saturated carbocycles. The van der Waals surface area contributed by atoms with E-state index in [1.54, 1.807) is 18.2 Å².